The van der Waals surface area contributed by atoms with Gasteiger partial charge in [0, 0.05) is 6.54 Å². The fourth-order valence-corrected chi connectivity index (χ4v) is 2.21. The first kappa shape index (κ1) is 9.69. The molecule has 1 fully saturated rings. The summed E-state index contributed by atoms with van der Waals surface area (Å²) in [4.78, 5) is 0. The largest absolute Gasteiger partial charge is 0.384 e. The summed E-state index contributed by atoms with van der Waals surface area (Å²) in [5, 5.41) is 13.7. The molecule has 1 heterocycles. The summed E-state index contributed by atoms with van der Waals surface area (Å²) in [5.41, 5.74) is 1.61. The third kappa shape index (κ3) is 1.68. The molecule has 1 atom stereocenters. The van der Waals surface area contributed by atoms with Gasteiger partial charge in [0.05, 0.1) is 0 Å². The van der Waals surface area contributed by atoms with Gasteiger partial charge in [-0.05, 0) is 37.4 Å². The summed E-state index contributed by atoms with van der Waals surface area (Å²) in [5.74, 6) is 0. The van der Waals surface area contributed by atoms with E-state index >= 15 is 0 Å². The van der Waals surface area contributed by atoms with Crippen LogP contribution in [0.3, 0.4) is 0 Å². The number of hydrogen-bond donors (Lipinski definition) is 2. The van der Waals surface area contributed by atoms with E-state index < -0.39 is 5.60 Å². The number of aryl methyl sites for hydroxylation is 1. The monoisotopic (exact) mass is 191 g/mol. The van der Waals surface area contributed by atoms with Crippen LogP contribution in [0.15, 0.2) is 24.3 Å². The smallest absolute Gasteiger partial charge is 0.102 e. The van der Waals surface area contributed by atoms with Crippen LogP contribution < -0.4 is 5.32 Å². The second kappa shape index (κ2) is 3.71. The minimum absolute atomic E-state index is 0.649. The molecule has 0 radical (unpaired) electrons. The van der Waals surface area contributed by atoms with Crippen molar-refractivity contribution in [2.75, 3.05) is 13.1 Å². The third-order valence-corrected chi connectivity index (χ3v) is 3.01. The maximum atomic E-state index is 10.5. The fourth-order valence-electron chi connectivity index (χ4n) is 2.21. The molecule has 0 amide bonds. The molecule has 2 nitrogen and oxygen atoms in total. The first-order chi connectivity index (χ1) is 6.72. The van der Waals surface area contributed by atoms with E-state index in [0.29, 0.717) is 6.54 Å². The molecule has 1 unspecified atom stereocenters. The second-order valence-electron chi connectivity index (χ2n) is 4.13. The number of hydrogen-bond acceptors (Lipinski definition) is 2. The molecule has 1 aliphatic heterocycles. The van der Waals surface area contributed by atoms with Gasteiger partial charge in [0.1, 0.15) is 5.60 Å². The Kier molecular flexibility index (Phi) is 2.57. The van der Waals surface area contributed by atoms with E-state index in [2.05, 4.69) is 18.3 Å². The standard InChI is InChI=1S/C12H17NO/c1-10-5-2-3-6-11(10)12(14)7-4-8-13-9-12/h2-3,5-6,13-14H,4,7-9H2,1H3. The van der Waals surface area contributed by atoms with Gasteiger partial charge >= 0.3 is 0 Å². The number of aliphatic hydroxyl groups is 1. The summed E-state index contributed by atoms with van der Waals surface area (Å²) in [6.07, 6.45) is 1.91. The third-order valence-electron chi connectivity index (χ3n) is 3.01. The average Bonchev–Trinajstić information content (AvgIpc) is 2.19. The lowest BCUT2D eigenvalue weighted by atomic mass is 9.84. The number of benzene rings is 1. The van der Waals surface area contributed by atoms with Crippen LogP contribution in [0.4, 0.5) is 0 Å². The fraction of sp³-hybridized carbons (Fsp3) is 0.500. The first-order valence-electron chi connectivity index (χ1n) is 5.22. The van der Waals surface area contributed by atoms with E-state index in [1.807, 2.05) is 18.2 Å². The van der Waals surface area contributed by atoms with Crippen molar-refractivity contribution >= 4 is 0 Å². The Hall–Kier alpha value is -0.860. The lowest BCUT2D eigenvalue weighted by Gasteiger charge is -2.34. The molecule has 2 N–H and O–H groups in total. The van der Waals surface area contributed by atoms with Crippen LogP contribution in [0.5, 0.6) is 0 Å². The van der Waals surface area contributed by atoms with Crippen molar-refractivity contribution in [3.05, 3.63) is 35.4 Å². The van der Waals surface area contributed by atoms with Gasteiger partial charge in [-0.1, -0.05) is 24.3 Å². The molecule has 2 heteroatoms. The van der Waals surface area contributed by atoms with Gasteiger partial charge in [-0.2, -0.15) is 0 Å². The van der Waals surface area contributed by atoms with Crippen molar-refractivity contribution in [1.82, 2.24) is 5.32 Å². The van der Waals surface area contributed by atoms with Gasteiger partial charge in [0.2, 0.25) is 0 Å². The summed E-state index contributed by atoms with van der Waals surface area (Å²) >= 11 is 0. The normalized spacial score (nSPS) is 27.6. The Labute approximate surface area is 85.0 Å². The van der Waals surface area contributed by atoms with Gasteiger partial charge in [-0.15, -0.1) is 0 Å². The van der Waals surface area contributed by atoms with Gasteiger partial charge < -0.3 is 10.4 Å². The van der Waals surface area contributed by atoms with Gasteiger partial charge in [-0.3, -0.25) is 0 Å². The number of rotatable bonds is 1. The minimum Gasteiger partial charge on any atom is -0.384 e. The number of β-amino-alcohol motifs (C(OH)–C–C–N with tert-alkyl or cyclic N) is 1. The molecule has 2 rings (SSSR count). The molecule has 1 aliphatic rings. The van der Waals surface area contributed by atoms with Crippen LogP contribution in [0.2, 0.25) is 0 Å². The molecule has 0 bridgehead atoms. The number of nitrogens with one attached hydrogen (secondary N) is 1. The molecule has 1 aromatic carbocycles. The molecule has 0 saturated carbocycles. The van der Waals surface area contributed by atoms with Crippen LogP contribution in [0.25, 0.3) is 0 Å². The highest BCUT2D eigenvalue weighted by molar-refractivity contribution is 5.31. The van der Waals surface area contributed by atoms with Gasteiger partial charge in [-0.25, -0.2) is 0 Å². The Morgan fingerprint density at radius 1 is 1.36 bits per heavy atom. The summed E-state index contributed by atoms with van der Waals surface area (Å²) < 4.78 is 0. The zero-order chi connectivity index (χ0) is 10.0. The predicted octanol–water partition coefficient (Wildman–Crippen LogP) is 1.57. The molecule has 1 aromatic rings. The molecular weight excluding hydrogens is 174 g/mol. The highest BCUT2D eigenvalue weighted by atomic mass is 16.3. The van der Waals surface area contributed by atoms with Crippen LogP contribution in [0, 0.1) is 6.92 Å². The Bertz CT molecular complexity index is 316. The van der Waals surface area contributed by atoms with Gasteiger partial charge in [0.25, 0.3) is 0 Å². The molecule has 14 heavy (non-hydrogen) atoms. The summed E-state index contributed by atoms with van der Waals surface area (Å²) in [7, 11) is 0. The van der Waals surface area contributed by atoms with E-state index in [1.54, 1.807) is 0 Å². The highest BCUT2D eigenvalue weighted by Gasteiger charge is 2.31. The highest BCUT2D eigenvalue weighted by Crippen LogP contribution is 2.30. The van der Waals surface area contributed by atoms with Crippen molar-refractivity contribution in [2.45, 2.75) is 25.4 Å². The van der Waals surface area contributed by atoms with Crippen molar-refractivity contribution in [3.8, 4) is 0 Å². The lowest BCUT2D eigenvalue weighted by Crippen LogP contribution is -2.43. The quantitative estimate of drug-likeness (QED) is 0.706. The average molecular weight is 191 g/mol. The predicted molar refractivity (Wildman–Crippen MR) is 57.2 cm³/mol. The maximum Gasteiger partial charge on any atom is 0.102 e. The summed E-state index contributed by atoms with van der Waals surface area (Å²) in [6.45, 7) is 3.76. The zero-order valence-corrected chi connectivity index (χ0v) is 8.59. The molecule has 0 aliphatic carbocycles. The van der Waals surface area contributed by atoms with E-state index in [0.717, 1.165) is 24.9 Å². The summed E-state index contributed by atoms with van der Waals surface area (Å²) in [6, 6.07) is 8.09. The topological polar surface area (TPSA) is 32.3 Å². The Morgan fingerprint density at radius 2 is 2.14 bits per heavy atom. The van der Waals surface area contributed by atoms with Crippen molar-refractivity contribution < 1.29 is 5.11 Å². The minimum atomic E-state index is -0.649. The van der Waals surface area contributed by atoms with E-state index in [9.17, 15) is 5.11 Å². The molecular formula is C12H17NO. The van der Waals surface area contributed by atoms with E-state index in [-0.39, 0.29) is 0 Å². The Morgan fingerprint density at radius 3 is 2.79 bits per heavy atom. The van der Waals surface area contributed by atoms with E-state index in [4.69, 9.17) is 0 Å². The Balaban J connectivity index is 2.32. The van der Waals surface area contributed by atoms with E-state index in [1.165, 1.54) is 5.56 Å². The zero-order valence-electron chi connectivity index (χ0n) is 8.59. The maximum absolute atomic E-state index is 10.5. The molecule has 1 saturated heterocycles. The van der Waals surface area contributed by atoms with Crippen LogP contribution in [-0.4, -0.2) is 18.2 Å². The molecule has 0 spiro atoms. The van der Waals surface area contributed by atoms with Crippen molar-refractivity contribution in [3.63, 3.8) is 0 Å². The second-order valence-corrected chi connectivity index (χ2v) is 4.13. The van der Waals surface area contributed by atoms with Crippen LogP contribution >= 0.6 is 0 Å². The molecule has 76 valence electrons. The van der Waals surface area contributed by atoms with Crippen LogP contribution in [0.1, 0.15) is 24.0 Å². The van der Waals surface area contributed by atoms with Crippen molar-refractivity contribution in [2.24, 2.45) is 0 Å². The van der Waals surface area contributed by atoms with Crippen molar-refractivity contribution in [1.29, 1.82) is 0 Å². The molecule has 0 aromatic heterocycles. The first-order valence-corrected chi connectivity index (χ1v) is 5.22. The lowest BCUT2D eigenvalue weighted by molar-refractivity contribution is 0.0117. The SMILES string of the molecule is Cc1ccccc1C1(O)CCCNC1. The number of piperidine rings is 1. The van der Waals surface area contributed by atoms with Crippen LogP contribution in [-0.2, 0) is 5.60 Å². The van der Waals surface area contributed by atoms with Gasteiger partial charge in [0.15, 0.2) is 0 Å².